The summed E-state index contributed by atoms with van der Waals surface area (Å²) >= 11 is 0. The zero-order valence-corrected chi connectivity index (χ0v) is 16.4. The Kier molecular flexibility index (Phi) is 7.12. The molecular weight excluding hydrogens is 312 g/mol. The minimum atomic E-state index is 0.0928. The Morgan fingerprint density at radius 1 is 1.32 bits per heavy atom. The van der Waals surface area contributed by atoms with Crippen molar-refractivity contribution in [3.05, 3.63) is 30.3 Å². The molecule has 2 N–H and O–H groups in total. The number of aliphatic imine (C=N–C) groups is 1. The third-order valence-corrected chi connectivity index (χ3v) is 4.81. The maximum Gasteiger partial charge on any atom is 0.191 e. The first-order chi connectivity index (χ1) is 11.9. The fourth-order valence-corrected chi connectivity index (χ4v) is 3.29. The summed E-state index contributed by atoms with van der Waals surface area (Å²) in [5, 5.41) is 7.00. The van der Waals surface area contributed by atoms with Gasteiger partial charge in [-0.2, -0.15) is 0 Å². The van der Waals surface area contributed by atoms with E-state index in [2.05, 4.69) is 71.6 Å². The molecule has 1 aliphatic rings. The topological polar surface area (TPSA) is 48.9 Å². The van der Waals surface area contributed by atoms with E-state index in [9.17, 15) is 0 Å². The van der Waals surface area contributed by atoms with Gasteiger partial charge in [0.25, 0.3) is 0 Å². The number of hydrogen-bond acceptors (Lipinski definition) is 3. The Morgan fingerprint density at radius 3 is 2.64 bits per heavy atom. The molecule has 25 heavy (non-hydrogen) atoms. The SMILES string of the molecule is CN=C(NCC(OC)C(C)(C)C)NC1CCCN(c2ccccc2)C1. The summed E-state index contributed by atoms with van der Waals surface area (Å²) in [7, 11) is 3.60. The van der Waals surface area contributed by atoms with Gasteiger partial charge < -0.3 is 20.3 Å². The maximum atomic E-state index is 5.62. The largest absolute Gasteiger partial charge is 0.379 e. The van der Waals surface area contributed by atoms with Gasteiger partial charge in [0.05, 0.1) is 6.10 Å². The molecule has 2 rings (SSSR count). The average molecular weight is 347 g/mol. The van der Waals surface area contributed by atoms with Crippen LogP contribution in [0.25, 0.3) is 0 Å². The van der Waals surface area contributed by atoms with Gasteiger partial charge in [0.15, 0.2) is 5.96 Å². The molecule has 2 unspecified atom stereocenters. The molecule has 1 aromatic rings. The number of anilines is 1. The van der Waals surface area contributed by atoms with Gasteiger partial charge in [-0.1, -0.05) is 39.0 Å². The van der Waals surface area contributed by atoms with E-state index >= 15 is 0 Å². The van der Waals surface area contributed by atoms with E-state index in [1.165, 1.54) is 12.1 Å². The van der Waals surface area contributed by atoms with Crippen LogP contribution in [-0.4, -0.2) is 51.9 Å². The van der Waals surface area contributed by atoms with Crippen molar-refractivity contribution in [2.45, 2.75) is 45.8 Å². The highest BCUT2D eigenvalue weighted by atomic mass is 16.5. The summed E-state index contributed by atoms with van der Waals surface area (Å²) in [6, 6.07) is 11.0. The van der Waals surface area contributed by atoms with E-state index in [0.717, 1.165) is 32.0 Å². The predicted molar refractivity (Wildman–Crippen MR) is 106 cm³/mol. The van der Waals surface area contributed by atoms with Gasteiger partial charge in [-0.25, -0.2) is 0 Å². The molecule has 5 heteroatoms. The molecule has 0 aliphatic carbocycles. The van der Waals surface area contributed by atoms with E-state index in [4.69, 9.17) is 4.74 Å². The van der Waals surface area contributed by atoms with Gasteiger partial charge in [0.1, 0.15) is 0 Å². The number of nitrogens with zero attached hydrogens (tertiary/aromatic N) is 2. The summed E-state index contributed by atoms with van der Waals surface area (Å²) in [6.07, 6.45) is 2.49. The van der Waals surface area contributed by atoms with Crippen molar-refractivity contribution in [2.75, 3.05) is 38.7 Å². The molecule has 0 spiro atoms. The van der Waals surface area contributed by atoms with Crippen LogP contribution in [0.1, 0.15) is 33.6 Å². The summed E-state index contributed by atoms with van der Waals surface area (Å²) in [4.78, 5) is 6.83. The summed E-state index contributed by atoms with van der Waals surface area (Å²) in [6.45, 7) is 9.43. The first kappa shape index (κ1) is 19.6. The van der Waals surface area contributed by atoms with Crippen molar-refractivity contribution >= 4 is 11.6 Å². The van der Waals surface area contributed by atoms with E-state index in [1.54, 1.807) is 7.11 Å². The van der Waals surface area contributed by atoms with Crippen molar-refractivity contribution in [3.63, 3.8) is 0 Å². The molecule has 2 atom stereocenters. The van der Waals surface area contributed by atoms with Crippen molar-refractivity contribution in [1.82, 2.24) is 10.6 Å². The van der Waals surface area contributed by atoms with E-state index in [0.29, 0.717) is 6.04 Å². The number of guanidine groups is 1. The second kappa shape index (κ2) is 9.09. The Hall–Kier alpha value is -1.75. The lowest BCUT2D eigenvalue weighted by Crippen LogP contribution is -2.53. The molecule has 1 saturated heterocycles. The number of rotatable bonds is 5. The Labute approximate surface area is 152 Å². The highest BCUT2D eigenvalue weighted by Gasteiger charge is 2.25. The fraction of sp³-hybridized carbons (Fsp3) is 0.650. The van der Waals surface area contributed by atoms with Crippen LogP contribution in [0.5, 0.6) is 0 Å². The van der Waals surface area contributed by atoms with E-state index < -0.39 is 0 Å². The number of benzene rings is 1. The zero-order chi connectivity index (χ0) is 18.3. The molecule has 0 radical (unpaired) electrons. The molecule has 1 aliphatic heterocycles. The van der Waals surface area contributed by atoms with Crippen molar-refractivity contribution in [1.29, 1.82) is 0 Å². The van der Waals surface area contributed by atoms with Gasteiger partial charge in [0, 0.05) is 45.5 Å². The maximum absolute atomic E-state index is 5.62. The van der Waals surface area contributed by atoms with Gasteiger partial charge >= 0.3 is 0 Å². The van der Waals surface area contributed by atoms with Crippen molar-refractivity contribution in [3.8, 4) is 0 Å². The molecule has 0 saturated carbocycles. The number of hydrogen-bond donors (Lipinski definition) is 2. The third-order valence-electron chi connectivity index (χ3n) is 4.81. The van der Waals surface area contributed by atoms with Gasteiger partial charge in [-0.05, 0) is 30.4 Å². The minimum Gasteiger partial charge on any atom is -0.379 e. The number of methoxy groups -OCH3 is 1. The van der Waals surface area contributed by atoms with Crippen LogP contribution in [0, 0.1) is 5.41 Å². The summed E-state index contributed by atoms with van der Waals surface area (Å²) in [5.41, 5.74) is 1.39. The second-order valence-corrected chi connectivity index (χ2v) is 7.81. The molecule has 0 bridgehead atoms. The third kappa shape index (κ3) is 5.92. The standard InChI is InChI=1S/C20H34N4O/c1-20(2,3)18(25-5)14-22-19(21-4)23-16-10-9-13-24(15-16)17-11-7-6-8-12-17/h6-8,11-12,16,18H,9-10,13-15H2,1-5H3,(H2,21,22,23). The number of piperidine rings is 1. The van der Waals surface area contributed by atoms with Crippen LogP contribution < -0.4 is 15.5 Å². The minimum absolute atomic E-state index is 0.0928. The lowest BCUT2D eigenvalue weighted by molar-refractivity contribution is 0.0205. The first-order valence-electron chi connectivity index (χ1n) is 9.24. The van der Waals surface area contributed by atoms with E-state index in [1.807, 2.05) is 7.05 Å². The molecule has 140 valence electrons. The molecule has 1 fully saturated rings. The molecule has 0 amide bonds. The molecule has 5 nitrogen and oxygen atoms in total. The number of ether oxygens (including phenoxy) is 1. The predicted octanol–water partition coefficient (Wildman–Crippen LogP) is 2.88. The monoisotopic (exact) mass is 346 g/mol. The van der Waals surface area contributed by atoms with Crippen molar-refractivity contribution < 1.29 is 4.74 Å². The highest BCUT2D eigenvalue weighted by molar-refractivity contribution is 5.80. The Balaban J connectivity index is 1.88. The van der Waals surface area contributed by atoms with Gasteiger partial charge in [-0.3, -0.25) is 4.99 Å². The van der Waals surface area contributed by atoms with Crippen LogP contribution in [0.4, 0.5) is 5.69 Å². The van der Waals surface area contributed by atoms with Gasteiger partial charge in [0.2, 0.25) is 0 Å². The van der Waals surface area contributed by atoms with Crippen LogP contribution >= 0.6 is 0 Å². The summed E-state index contributed by atoms with van der Waals surface area (Å²) < 4.78 is 5.62. The molecule has 1 aromatic carbocycles. The van der Waals surface area contributed by atoms with Crippen LogP contribution in [-0.2, 0) is 4.74 Å². The Bertz CT molecular complexity index is 538. The van der Waals surface area contributed by atoms with Crippen LogP contribution in [0.2, 0.25) is 0 Å². The normalized spacial score (nSPS) is 20.3. The second-order valence-electron chi connectivity index (χ2n) is 7.81. The number of para-hydroxylation sites is 1. The molecule has 0 aromatic heterocycles. The summed E-state index contributed by atoms with van der Waals surface area (Å²) in [5.74, 6) is 0.853. The fourth-order valence-electron chi connectivity index (χ4n) is 3.29. The first-order valence-corrected chi connectivity index (χ1v) is 9.24. The number of nitrogens with one attached hydrogen (secondary N) is 2. The Morgan fingerprint density at radius 2 is 2.04 bits per heavy atom. The molecular formula is C20H34N4O. The highest BCUT2D eigenvalue weighted by Crippen LogP contribution is 2.21. The quantitative estimate of drug-likeness (QED) is 0.636. The lowest BCUT2D eigenvalue weighted by atomic mass is 9.89. The van der Waals surface area contributed by atoms with Crippen LogP contribution in [0.15, 0.2) is 35.3 Å². The smallest absolute Gasteiger partial charge is 0.191 e. The van der Waals surface area contributed by atoms with E-state index in [-0.39, 0.29) is 11.5 Å². The van der Waals surface area contributed by atoms with Crippen molar-refractivity contribution in [2.24, 2.45) is 10.4 Å². The molecule has 1 heterocycles. The lowest BCUT2D eigenvalue weighted by Gasteiger charge is -2.36. The average Bonchev–Trinajstić information content (AvgIpc) is 2.61. The van der Waals surface area contributed by atoms with Crippen LogP contribution in [0.3, 0.4) is 0 Å². The zero-order valence-electron chi connectivity index (χ0n) is 16.4. The van der Waals surface area contributed by atoms with Gasteiger partial charge in [-0.15, -0.1) is 0 Å².